The van der Waals surface area contributed by atoms with Crippen LogP contribution in [0.1, 0.15) is 18.6 Å². The van der Waals surface area contributed by atoms with Gasteiger partial charge in [0.25, 0.3) is 0 Å². The van der Waals surface area contributed by atoms with Crippen LogP contribution in [0.5, 0.6) is 0 Å². The van der Waals surface area contributed by atoms with Crippen LogP contribution in [0.2, 0.25) is 5.15 Å². The smallest absolute Gasteiger partial charge is 0.216 e. The van der Waals surface area contributed by atoms with Gasteiger partial charge in [-0.15, -0.1) is 0 Å². The molecule has 17 heavy (non-hydrogen) atoms. The number of aliphatic hydroxyl groups excluding tert-OH is 2. The summed E-state index contributed by atoms with van der Waals surface area (Å²) in [5.41, 5.74) is -0.164. The van der Waals surface area contributed by atoms with Crippen molar-refractivity contribution in [3.8, 4) is 0 Å². The summed E-state index contributed by atoms with van der Waals surface area (Å²) in [5.74, 6) is -1.13. The Bertz CT molecular complexity index is 417. The molecule has 2 unspecified atom stereocenters. The van der Waals surface area contributed by atoms with E-state index in [1.807, 2.05) is 0 Å². The van der Waals surface area contributed by atoms with Gasteiger partial charge < -0.3 is 15.5 Å². The van der Waals surface area contributed by atoms with E-state index in [1.165, 1.54) is 6.92 Å². The van der Waals surface area contributed by atoms with E-state index in [2.05, 4.69) is 10.3 Å². The fraction of sp³-hybridized carbons (Fsp3) is 0.400. The molecule has 0 bridgehead atoms. The van der Waals surface area contributed by atoms with E-state index in [-0.39, 0.29) is 23.2 Å². The van der Waals surface area contributed by atoms with Gasteiger partial charge in [-0.2, -0.15) is 0 Å². The van der Waals surface area contributed by atoms with E-state index in [1.54, 1.807) is 0 Å². The number of pyridine rings is 1. The minimum Gasteiger partial charge on any atom is -0.388 e. The van der Waals surface area contributed by atoms with Gasteiger partial charge in [0.2, 0.25) is 5.91 Å². The van der Waals surface area contributed by atoms with Gasteiger partial charge in [0.05, 0.1) is 6.20 Å². The number of carbonyl (C=O) groups is 1. The van der Waals surface area contributed by atoms with Crippen molar-refractivity contribution in [1.82, 2.24) is 10.3 Å². The molecule has 1 aromatic rings. The van der Waals surface area contributed by atoms with Crippen LogP contribution in [0.3, 0.4) is 0 Å². The maximum Gasteiger partial charge on any atom is 0.216 e. The van der Waals surface area contributed by atoms with Gasteiger partial charge in [-0.05, 0) is 6.07 Å². The Morgan fingerprint density at radius 1 is 1.65 bits per heavy atom. The summed E-state index contributed by atoms with van der Waals surface area (Å²) in [5, 5.41) is 21.5. The standard InChI is InChI=1S/C10H12ClFN2O3/c1-5(15)13-4-8(16)10(17)6-2-9(11)14-3-7(6)12/h2-3,8,10,16-17H,4H2,1H3,(H,13,15). The van der Waals surface area contributed by atoms with Crippen molar-refractivity contribution in [3.05, 3.63) is 28.8 Å². The highest BCUT2D eigenvalue weighted by atomic mass is 35.5. The van der Waals surface area contributed by atoms with Gasteiger partial charge in [0.15, 0.2) is 0 Å². The molecule has 0 fully saturated rings. The van der Waals surface area contributed by atoms with Crippen LogP contribution in [-0.2, 0) is 4.79 Å². The maximum atomic E-state index is 13.3. The number of amides is 1. The number of halogens is 2. The van der Waals surface area contributed by atoms with Crippen molar-refractivity contribution >= 4 is 17.5 Å². The van der Waals surface area contributed by atoms with Crippen molar-refractivity contribution in [3.63, 3.8) is 0 Å². The topological polar surface area (TPSA) is 82.5 Å². The zero-order chi connectivity index (χ0) is 13.0. The highest BCUT2D eigenvalue weighted by Crippen LogP contribution is 2.22. The summed E-state index contributed by atoms with van der Waals surface area (Å²) in [6.07, 6.45) is -1.96. The maximum absolute atomic E-state index is 13.3. The Labute approximate surface area is 102 Å². The number of hydrogen-bond donors (Lipinski definition) is 3. The van der Waals surface area contributed by atoms with Crippen molar-refractivity contribution in [2.75, 3.05) is 6.54 Å². The molecule has 2 atom stereocenters. The Kier molecular flexibility index (Phi) is 4.80. The first-order valence-corrected chi connectivity index (χ1v) is 5.21. The second kappa shape index (κ2) is 5.90. The number of rotatable bonds is 4. The van der Waals surface area contributed by atoms with E-state index >= 15 is 0 Å². The molecule has 0 aromatic carbocycles. The Hall–Kier alpha value is -1.24. The molecule has 1 rings (SSSR count). The van der Waals surface area contributed by atoms with E-state index in [4.69, 9.17) is 11.6 Å². The Morgan fingerprint density at radius 2 is 2.29 bits per heavy atom. The fourth-order valence-electron chi connectivity index (χ4n) is 1.22. The second-order valence-corrected chi connectivity index (χ2v) is 3.87. The largest absolute Gasteiger partial charge is 0.388 e. The summed E-state index contributed by atoms with van der Waals surface area (Å²) >= 11 is 5.55. The van der Waals surface area contributed by atoms with Gasteiger partial charge in [0, 0.05) is 19.0 Å². The van der Waals surface area contributed by atoms with Crippen LogP contribution in [0, 0.1) is 5.82 Å². The van der Waals surface area contributed by atoms with Crippen molar-refractivity contribution in [1.29, 1.82) is 0 Å². The van der Waals surface area contributed by atoms with Gasteiger partial charge in [-0.1, -0.05) is 11.6 Å². The quantitative estimate of drug-likeness (QED) is 0.686. The number of nitrogens with one attached hydrogen (secondary N) is 1. The van der Waals surface area contributed by atoms with Crippen LogP contribution in [0.4, 0.5) is 4.39 Å². The molecule has 94 valence electrons. The third kappa shape index (κ3) is 3.92. The average molecular weight is 263 g/mol. The highest BCUT2D eigenvalue weighted by Gasteiger charge is 2.22. The first-order valence-electron chi connectivity index (χ1n) is 4.83. The average Bonchev–Trinajstić information content (AvgIpc) is 2.28. The predicted molar refractivity (Wildman–Crippen MR) is 58.9 cm³/mol. The highest BCUT2D eigenvalue weighted by molar-refractivity contribution is 6.29. The number of hydrogen-bond acceptors (Lipinski definition) is 4. The molecule has 5 nitrogen and oxygen atoms in total. The molecular formula is C10H12ClFN2O3. The summed E-state index contributed by atoms with van der Waals surface area (Å²) in [6.45, 7) is 1.08. The summed E-state index contributed by atoms with van der Waals surface area (Å²) in [4.78, 5) is 14.1. The lowest BCUT2D eigenvalue weighted by molar-refractivity contribution is -0.119. The molecule has 0 aliphatic carbocycles. The van der Waals surface area contributed by atoms with Gasteiger partial charge in [-0.25, -0.2) is 9.37 Å². The molecule has 1 aromatic heterocycles. The van der Waals surface area contributed by atoms with Crippen LogP contribution >= 0.6 is 11.6 Å². The molecule has 3 N–H and O–H groups in total. The number of carbonyl (C=O) groups excluding carboxylic acids is 1. The van der Waals surface area contributed by atoms with E-state index in [0.717, 1.165) is 12.3 Å². The van der Waals surface area contributed by atoms with Crippen LogP contribution in [0.25, 0.3) is 0 Å². The molecule has 0 aliphatic heterocycles. The van der Waals surface area contributed by atoms with E-state index in [9.17, 15) is 19.4 Å². The normalized spacial score (nSPS) is 14.2. The van der Waals surface area contributed by atoms with Gasteiger partial charge >= 0.3 is 0 Å². The predicted octanol–water partition coefficient (Wildman–Crippen LogP) is 0.404. The summed E-state index contributed by atoms with van der Waals surface area (Å²) < 4.78 is 13.3. The molecule has 0 saturated heterocycles. The van der Waals surface area contributed by atoms with Gasteiger partial charge in [-0.3, -0.25) is 4.79 Å². The third-order valence-corrected chi connectivity index (χ3v) is 2.30. The Balaban J connectivity index is 2.77. The zero-order valence-corrected chi connectivity index (χ0v) is 9.78. The molecule has 0 radical (unpaired) electrons. The fourth-order valence-corrected chi connectivity index (χ4v) is 1.39. The number of aliphatic hydroxyl groups is 2. The lowest BCUT2D eigenvalue weighted by Crippen LogP contribution is -2.34. The first-order chi connectivity index (χ1) is 7.91. The van der Waals surface area contributed by atoms with Crippen LogP contribution in [0.15, 0.2) is 12.3 Å². The van der Waals surface area contributed by atoms with Crippen molar-refractivity contribution in [2.45, 2.75) is 19.1 Å². The van der Waals surface area contributed by atoms with Crippen molar-refractivity contribution < 1.29 is 19.4 Å². The van der Waals surface area contributed by atoms with Gasteiger partial charge in [0.1, 0.15) is 23.2 Å². The molecule has 0 spiro atoms. The summed E-state index contributed by atoms with van der Waals surface area (Å²) in [6, 6.07) is 1.12. The number of nitrogens with zero attached hydrogens (tertiary/aromatic N) is 1. The molecule has 7 heteroatoms. The second-order valence-electron chi connectivity index (χ2n) is 3.48. The zero-order valence-electron chi connectivity index (χ0n) is 9.02. The molecule has 1 amide bonds. The summed E-state index contributed by atoms with van der Waals surface area (Å²) in [7, 11) is 0. The van der Waals surface area contributed by atoms with E-state index < -0.39 is 18.0 Å². The molecule has 0 aliphatic rings. The third-order valence-electron chi connectivity index (χ3n) is 2.09. The molecule has 1 heterocycles. The van der Waals surface area contributed by atoms with Crippen LogP contribution < -0.4 is 5.32 Å². The van der Waals surface area contributed by atoms with Crippen molar-refractivity contribution in [2.24, 2.45) is 0 Å². The Morgan fingerprint density at radius 3 is 2.88 bits per heavy atom. The van der Waals surface area contributed by atoms with Crippen LogP contribution in [-0.4, -0.2) is 33.8 Å². The molecular weight excluding hydrogens is 251 g/mol. The minimum absolute atomic E-state index is 0.00665. The lowest BCUT2D eigenvalue weighted by atomic mass is 10.1. The number of aromatic nitrogens is 1. The first kappa shape index (κ1) is 13.8. The minimum atomic E-state index is -1.48. The SMILES string of the molecule is CC(=O)NCC(O)C(O)c1cc(Cl)ncc1F. The van der Waals surface area contributed by atoms with E-state index in [0.29, 0.717) is 0 Å². The lowest BCUT2D eigenvalue weighted by Gasteiger charge is -2.18. The molecule has 0 saturated carbocycles. The monoisotopic (exact) mass is 262 g/mol.